The Morgan fingerprint density at radius 3 is 2.00 bits per heavy atom. The Hall–Kier alpha value is -0.0800. The van der Waals surface area contributed by atoms with Crippen LogP contribution in [0, 0.1) is 23.7 Å². The Balaban J connectivity index is 2.08. The fourth-order valence-electron chi connectivity index (χ4n) is 3.53. The van der Waals surface area contributed by atoms with Crippen LogP contribution in [0.15, 0.2) is 0 Å². The van der Waals surface area contributed by atoms with Gasteiger partial charge in [0.05, 0.1) is 13.2 Å². The molecule has 1 aliphatic heterocycles. The fraction of sp³-hybridized carbons (Fsp3) is 1.00. The predicted octanol–water partition coefficient (Wildman–Crippen LogP) is 3.46. The molecule has 1 spiro atoms. The molecule has 0 amide bonds. The lowest BCUT2D eigenvalue weighted by Gasteiger charge is -2.44. The molecule has 1 saturated carbocycles. The van der Waals surface area contributed by atoms with Crippen molar-refractivity contribution in [2.24, 2.45) is 23.7 Å². The minimum Gasteiger partial charge on any atom is -0.348 e. The van der Waals surface area contributed by atoms with Crippen molar-refractivity contribution in [2.75, 3.05) is 13.2 Å². The van der Waals surface area contributed by atoms with E-state index in [9.17, 15) is 0 Å². The van der Waals surface area contributed by atoms with Crippen molar-refractivity contribution in [1.82, 2.24) is 0 Å². The van der Waals surface area contributed by atoms with Gasteiger partial charge in [-0.3, -0.25) is 0 Å². The van der Waals surface area contributed by atoms with Crippen LogP contribution in [-0.4, -0.2) is 19.0 Å². The second-order valence-electron chi connectivity index (χ2n) is 6.17. The van der Waals surface area contributed by atoms with Gasteiger partial charge in [0.2, 0.25) is 0 Å². The molecule has 0 aromatic rings. The highest BCUT2D eigenvalue weighted by atomic mass is 16.7. The van der Waals surface area contributed by atoms with Gasteiger partial charge in [-0.05, 0) is 30.1 Å². The zero-order chi connectivity index (χ0) is 11.8. The van der Waals surface area contributed by atoms with Crippen LogP contribution in [0.25, 0.3) is 0 Å². The number of rotatable bonds is 2. The van der Waals surface area contributed by atoms with Crippen molar-refractivity contribution in [3.63, 3.8) is 0 Å². The minimum atomic E-state index is -0.208. The lowest BCUT2D eigenvalue weighted by molar-refractivity contribution is -0.201. The molecular weight excluding hydrogens is 200 g/mol. The third kappa shape index (κ3) is 2.28. The molecule has 1 saturated heterocycles. The summed E-state index contributed by atoms with van der Waals surface area (Å²) in [6, 6.07) is 0. The van der Waals surface area contributed by atoms with Gasteiger partial charge < -0.3 is 9.47 Å². The van der Waals surface area contributed by atoms with Crippen LogP contribution in [0.4, 0.5) is 0 Å². The predicted molar refractivity (Wildman–Crippen MR) is 65.1 cm³/mol. The van der Waals surface area contributed by atoms with Crippen LogP contribution < -0.4 is 0 Å². The van der Waals surface area contributed by atoms with E-state index >= 15 is 0 Å². The van der Waals surface area contributed by atoms with Gasteiger partial charge in [-0.15, -0.1) is 0 Å². The molecule has 2 atom stereocenters. The van der Waals surface area contributed by atoms with E-state index in [0.29, 0.717) is 0 Å². The second-order valence-corrected chi connectivity index (χ2v) is 6.17. The summed E-state index contributed by atoms with van der Waals surface area (Å²) >= 11 is 0. The van der Waals surface area contributed by atoms with E-state index in [4.69, 9.17) is 9.47 Å². The monoisotopic (exact) mass is 226 g/mol. The van der Waals surface area contributed by atoms with Gasteiger partial charge in [0, 0.05) is 12.8 Å². The second kappa shape index (κ2) is 4.66. The molecule has 1 heterocycles. The van der Waals surface area contributed by atoms with Crippen molar-refractivity contribution < 1.29 is 9.47 Å². The molecule has 0 bridgehead atoms. The Bertz CT molecular complexity index is 229. The lowest BCUT2D eigenvalue weighted by Crippen LogP contribution is -2.43. The third-order valence-electron chi connectivity index (χ3n) is 4.48. The molecule has 2 aliphatic rings. The highest BCUT2D eigenvalue weighted by Crippen LogP contribution is 2.46. The first-order valence-corrected chi connectivity index (χ1v) is 6.82. The van der Waals surface area contributed by atoms with E-state index in [2.05, 4.69) is 27.7 Å². The van der Waals surface area contributed by atoms with Crippen LogP contribution in [0.5, 0.6) is 0 Å². The molecule has 2 unspecified atom stereocenters. The van der Waals surface area contributed by atoms with Gasteiger partial charge in [-0.2, -0.15) is 0 Å². The zero-order valence-corrected chi connectivity index (χ0v) is 11.2. The summed E-state index contributed by atoms with van der Waals surface area (Å²) in [6.07, 6.45) is 3.47. The van der Waals surface area contributed by atoms with E-state index < -0.39 is 0 Å². The number of hydrogen-bond acceptors (Lipinski definition) is 2. The van der Waals surface area contributed by atoms with Crippen LogP contribution in [0.3, 0.4) is 0 Å². The first-order chi connectivity index (χ1) is 7.54. The molecule has 94 valence electrons. The topological polar surface area (TPSA) is 18.5 Å². The van der Waals surface area contributed by atoms with Gasteiger partial charge in [0.15, 0.2) is 5.79 Å². The lowest BCUT2D eigenvalue weighted by atomic mass is 9.67. The average Bonchev–Trinajstić information content (AvgIpc) is 2.66. The number of ether oxygens (including phenoxy) is 2. The molecule has 2 fully saturated rings. The quantitative estimate of drug-likeness (QED) is 0.718. The SMILES string of the molecule is CC(C)C1CCC2(CC1C(C)C)OCCO2. The number of hydrogen-bond donors (Lipinski definition) is 0. The van der Waals surface area contributed by atoms with Crippen molar-refractivity contribution in [2.45, 2.75) is 52.7 Å². The zero-order valence-electron chi connectivity index (χ0n) is 11.2. The first-order valence-electron chi connectivity index (χ1n) is 6.82. The summed E-state index contributed by atoms with van der Waals surface area (Å²) in [5.41, 5.74) is 0. The molecule has 1 aliphatic carbocycles. The van der Waals surface area contributed by atoms with Gasteiger partial charge in [-0.1, -0.05) is 27.7 Å². The van der Waals surface area contributed by atoms with Gasteiger partial charge in [0.1, 0.15) is 0 Å². The standard InChI is InChI=1S/C14H26O2/c1-10(2)12-5-6-14(15-7-8-16-14)9-13(12)11(3)4/h10-13H,5-9H2,1-4H3. The fourth-order valence-corrected chi connectivity index (χ4v) is 3.53. The van der Waals surface area contributed by atoms with Gasteiger partial charge >= 0.3 is 0 Å². The Labute approximate surface area is 99.7 Å². The third-order valence-corrected chi connectivity index (χ3v) is 4.48. The van der Waals surface area contributed by atoms with E-state index in [1.165, 1.54) is 6.42 Å². The van der Waals surface area contributed by atoms with Crippen LogP contribution in [-0.2, 0) is 9.47 Å². The molecule has 2 nitrogen and oxygen atoms in total. The van der Waals surface area contributed by atoms with Crippen LogP contribution in [0.2, 0.25) is 0 Å². The minimum absolute atomic E-state index is 0.208. The summed E-state index contributed by atoms with van der Waals surface area (Å²) in [5.74, 6) is 2.91. The highest BCUT2D eigenvalue weighted by molar-refractivity contribution is 4.90. The molecule has 16 heavy (non-hydrogen) atoms. The molecule has 0 aromatic heterocycles. The van der Waals surface area contributed by atoms with Crippen molar-refractivity contribution in [3.8, 4) is 0 Å². The molecule has 2 heteroatoms. The van der Waals surface area contributed by atoms with Gasteiger partial charge in [0.25, 0.3) is 0 Å². The van der Waals surface area contributed by atoms with E-state index in [0.717, 1.165) is 49.7 Å². The average molecular weight is 226 g/mol. The maximum absolute atomic E-state index is 5.87. The summed E-state index contributed by atoms with van der Waals surface area (Å²) < 4.78 is 11.7. The summed E-state index contributed by atoms with van der Waals surface area (Å²) in [7, 11) is 0. The smallest absolute Gasteiger partial charge is 0.168 e. The largest absolute Gasteiger partial charge is 0.348 e. The maximum atomic E-state index is 5.87. The summed E-state index contributed by atoms with van der Waals surface area (Å²) in [6.45, 7) is 11.0. The molecule has 0 N–H and O–H groups in total. The Morgan fingerprint density at radius 1 is 0.938 bits per heavy atom. The Morgan fingerprint density at radius 2 is 1.50 bits per heavy atom. The van der Waals surface area contributed by atoms with Gasteiger partial charge in [-0.25, -0.2) is 0 Å². The highest BCUT2D eigenvalue weighted by Gasteiger charge is 2.46. The van der Waals surface area contributed by atoms with Crippen molar-refractivity contribution in [3.05, 3.63) is 0 Å². The molecule has 0 radical (unpaired) electrons. The van der Waals surface area contributed by atoms with Crippen LogP contribution >= 0.6 is 0 Å². The molecular formula is C14H26O2. The van der Waals surface area contributed by atoms with E-state index in [1.54, 1.807) is 0 Å². The first kappa shape index (κ1) is 12.4. The normalized spacial score (nSPS) is 34.1. The molecule has 2 rings (SSSR count). The Kier molecular flexibility index (Phi) is 3.60. The van der Waals surface area contributed by atoms with Crippen LogP contribution in [0.1, 0.15) is 47.0 Å². The molecule has 0 aromatic carbocycles. The van der Waals surface area contributed by atoms with Crippen molar-refractivity contribution in [1.29, 1.82) is 0 Å². The summed E-state index contributed by atoms with van der Waals surface area (Å²) in [5, 5.41) is 0. The van der Waals surface area contributed by atoms with E-state index in [-0.39, 0.29) is 5.79 Å². The summed E-state index contributed by atoms with van der Waals surface area (Å²) in [4.78, 5) is 0. The van der Waals surface area contributed by atoms with Crippen molar-refractivity contribution >= 4 is 0 Å². The maximum Gasteiger partial charge on any atom is 0.168 e. The van der Waals surface area contributed by atoms with E-state index in [1.807, 2.05) is 0 Å².